The third-order valence-corrected chi connectivity index (χ3v) is 4.03. The van der Waals surface area contributed by atoms with Crippen LogP contribution in [0.4, 0.5) is 0 Å². The average Bonchev–Trinajstić information content (AvgIpc) is 2.95. The highest BCUT2D eigenvalue weighted by molar-refractivity contribution is 9.10. The normalized spacial score (nSPS) is 16.4. The van der Waals surface area contributed by atoms with Gasteiger partial charge in [-0.15, -0.1) is 10.2 Å². The summed E-state index contributed by atoms with van der Waals surface area (Å²) in [6.07, 6.45) is 2.07. The summed E-state index contributed by atoms with van der Waals surface area (Å²) in [7, 11) is 0. The van der Waals surface area contributed by atoms with Crippen LogP contribution in [-0.4, -0.2) is 29.5 Å². The number of ether oxygens (including phenoxy) is 1. The van der Waals surface area contributed by atoms with Gasteiger partial charge in [-0.2, -0.15) is 0 Å². The van der Waals surface area contributed by atoms with E-state index in [9.17, 15) is 0 Å². The molecular formula is C14H16BrN3O2. The first-order valence-electron chi connectivity index (χ1n) is 6.71. The zero-order chi connectivity index (χ0) is 13.8. The minimum atomic E-state index is 0.475. The molecule has 1 aromatic heterocycles. The Morgan fingerprint density at radius 3 is 2.80 bits per heavy atom. The first-order valence-corrected chi connectivity index (χ1v) is 7.50. The van der Waals surface area contributed by atoms with Crippen LogP contribution in [0.2, 0.25) is 0 Å². The number of nitrogens with zero attached hydrogens (tertiary/aromatic N) is 2. The van der Waals surface area contributed by atoms with Gasteiger partial charge in [-0.1, -0.05) is 12.1 Å². The van der Waals surface area contributed by atoms with Crippen LogP contribution in [0.25, 0.3) is 11.5 Å². The fourth-order valence-corrected chi connectivity index (χ4v) is 2.66. The van der Waals surface area contributed by atoms with E-state index < -0.39 is 0 Å². The molecule has 2 aromatic rings. The molecule has 1 aliphatic heterocycles. The summed E-state index contributed by atoms with van der Waals surface area (Å²) in [6, 6.07) is 8.29. The van der Waals surface area contributed by atoms with Gasteiger partial charge < -0.3 is 14.5 Å². The summed E-state index contributed by atoms with van der Waals surface area (Å²) >= 11 is 3.49. The Balaban J connectivity index is 1.63. The van der Waals surface area contributed by atoms with Crippen molar-refractivity contribution in [2.24, 2.45) is 0 Å². The molecule has 1 aromatic carbocycles. The Kier molecular flexibility index (Phi) is 4.44. The maximum Gasteiger partial charge on any atom is 0.248 e. The van der Waals surface area contributed by atoms with Crippen LogP contribution in [-0.2, 0) is 11.3 Å². The van der Waals surface area contributed by atoms with E-state index in [4.69, 9.17) is 9.15 Å². The van der Waals surface area contributed by atoms with Gasteiger partial charge in [0.05, 0.1) is 12.1 Å². The highest BCUT2D eigenvalue weighted by Crippen LogP contribution is 2.26. The van der Waals surface area contributed by atoms with Crippen LogP contribution in [0, 0.1) is 0 Å². The molecule has 1 N–H and O–H groups in total. The summed E-state index contributed by atoms with van der Waals surface area (Å²) in [5, 5.41) is 11.6. The van der Waals surface area contributed by atoms with E-state index in [-0.39, 0.29) is 0 Å². The van der Waals surface area contributed by atoms with Gasteiger partial charge in [-0.05, 0) is 40.9 Å². The number of nitrogens with one attached hydrogen (secondary N) is 1. The first kappa shape index (κ1) is 13.7. The first-order chi connectivity index (χ1) is 9.83. The second-order valence-corrected chi connectivity index (χ2v) is 5.60. The molecule has 0 bridgehead atoms. The van der Waals surface area contributed by atoms with Gasteiger partial charge in [0.1, 0.15) is 0 Å². The maximum atomic E-state index is 5.70. The van der Waals surface area contributed by atoms with E-state index in [1.54, 1.807) is 0 Å². The predicted molar refractivity (Wildman–Crippen MR) is 78.1 cm³/mol. The van der Waals surface area contributed by atoms with Crippen molar-refractivity contribution in [2.45, 2.75) is 25.4 Å². The van der Waals surface area contributed by atoms with Gasteiger partial charge in [0, 0.05) is 23.7 Å². The van der Waals surface area contributed by atoms with Crippen molar-refractivity contribution in [3.05, 3.63) is 34.6 Å². The molecule has 0 radical (unpaired) electrons. The summed E-state index contributed by atoms with van der Waals surface area (Å²) in [6.45, 7) is 2.25. The Hall–Kier alpha value is -1.24. The molecule has 20 heavy (non-hydrogen) atoms. The van der Waals surface area contributed by atoms with Gasteiger partial charge in [0.2, 0.25) is 11.8 Å². The Labute approximate surface area is 125 Å². The Bertz CT molecular complexity index is 567. The number of hydrogen-bond acceptors (Lipinski definition) is 5. The van der Waals surface area contributed by atoms with Crippen molar-refractivity contribution in [1.82, 2.24) is 15.5 Å². The standard InChI is InChI=1S/C14H16BrN3O2/c15-12-4-2-1-3-11(12)14-18-17-13(20-14)9-16-10-5-7-19-8-6-10/h1-4,10,16H,5-9H2. The number of hydrogen-bond donors (Lipinski definition) is 1. The van der Waals surface area contributed by atoms with Crippen LogP contribution < -0.4 is 5.32 Å². The molecule has 5 nitrogen and oxygen atoms in total. The second-order valence-electron chi connectivity index (χ2n) is 4.75. The maximum absolute atomic E-state index is 5.70. The molecule has 0 spiro atoms. The highest BCUT2D eigenvalue weighted by Gasteiger charge is 2.15. The number of halogens is 1. The molecule has 0 aliphatic carbocycles. The van der Waals surface area contributed by atoms with Gasteiger partial charge in [-0.25, -0.2) is 0 Å². The largest absolute Gasteiger partial charge is 0.419 e. The fraction of sp³-hybridized carbons (Fsp3) is 0.429. The van der Waals surface area contributed by atoms with Crippen LogP contribution >= 0.6 is 15.9 Å². The quantitative estimate of drug-likeness (QED) is 0.929. The van der Waals surface area contributed by atoms with Crippen molar-refractivity contribution in [2.75, 3.05) is 13.2 Å². The third kappa shape index (κ3) is 3.26. The van der Waals surface area contributed by atoms with Crippen LogP contribution in [0.3, 0.4) is 0 Å². The lowest BCUT2D eigenvalue weighted by molar-refractivity contribution is 0.0770. The number of aromatic nitrogens is 2. The van der Waals surface area contributed by atoms with Crippen LogP contribution in [0.5, 0.6) is 0 Å². The lowest BCUT2D eigenvalue weighted by atomic mass is 10.1. The second kappa shape index (κ2) is 6.47. The van der Waals surface area contributed by atoms with Crippen molar-refractivity contribution in [1.29, 1.82) is 0 Å². The molecule has 106 valence electrons. The average molecular weight is 338 g/mol. The Morgan fingerprint density at radius 1 is 1.20 bits per heavy atom. The molecule has 0 atom stereocenters. The van der Waals surface area contributed by atoms with E-state index in [0.717, 1.165) is 36.1 Å². The predicted octanol–water partition coefficient (Wildman–Crippen LogP) is 2.77. The van der Waals surface area contributed by atoms with E-state index in [2.05, 4.69) is 31.4 Å². The van der Waals surface area contributed by atoms with Gasteiger partial charge >= 0.3 is 0 Å². The molecule has 6 heteroatoms. The zero-order valence-corrected chi connectivity index (χ0v) is 12.6. The lowest BCUT2D eigenvalue weighted by Crippen LogP contribution is -2.34. The minimum Gasteiger partial charge on any atom is -0.419 e. The van der Waals surface area contributed by atoms with E-state index >= 15 is 0 Å². The fourth-order valence-electron chi connectivity index (χ4n) is 2.20. The van der Waals surface area contributed by atoms with Crippen molar-refractivity contribution < 1.29 is 9.15 Å². The lowest BCUT2D eigenvalue weighted by Gasteiger charge is -2.22. The van der Waals surface area contributed by atoms with E-state index in [1.165, 1.54) is 0 Å². The SMILES string of the molecule is Brc1ccccc1-c1nnc(CNC2CCOCC2)o1. The number of benzene rings is 1. The van der Waals surface area contributed by atoms with Gasteiger partial charge in [0.25, 0.3) is 0 Å². The van der Waals surface area contributed by atoms with E-state index in [1.807, 2.05) is 24.3 Å². The molecule has 1 fully saturated rings. The molecule has 1 aliphatic rings. The van der Waals surface area contributed by atoms with Crippen LogP contribution in [0.15, 0.2) is 33.2 Å². The minimum absolute atomic E-state index is 0.475. The van der Waals surface area contributed by atoms with Crippen LogP contribution in [0.1, 0.15) is 18.7 Å². The molecule has 3 rings (SSSR count). The zero-order valence-electron chi connectivity index (χ0n) is 11.0. The molecule has 0 saturated carbocycles. The summed E-state index contributed by atoms with van der Waals surface area (Å²) in [5.74, 6) is 1.16. The van der Waals surface area contributed by atoms with Gasteiger partial charge in [-0.3, -0.25) is 0 Å². The van der Waals surface area contributed by atoms with Crippen molar-refractivity contribution in [3.63, 3.8) is 0 Å². The highest BCUT2D eigenvalue weighted by atomic mass is 79.9. The smallest absolute Gasteiger partial charge is 0.248 e. The summed E-state index contributed by atoms with van der Waals surface area (Å²) in [5.41, 5.74) is 0.914. The van der Waals surface area contributed by atoms with E-state index in [0.29, 0.717) is 24.4 Å². The Morgan fingerprint density at radius 2 is 2.00 bits per heavy atom. The number of rotatable bonds is 4. The molecule has 1 saturated heterocycles. The summed E-state index contributed by atoms with van der Waals surface area (Å²) < 4.78 is 12.0. The van der Waals surface area contributed by atoms with Crippen molar-refractivity contribution in [3.8, 4) is 11.5 Å². The summed E-state index contributed by atoms with van der Waals surface area (Å²) in [4.78, 5) is 0. The monoisotopic (exact) mass is 337 g/mol. The molecular weight excluding hydrogens is 322 g/mol. The molecule has 0 amide bonds. The third-order valence-electron chi connectivity index (χ3n) is 3.33. The molecule has 0 unspecified atom stereocenters. The topological polar surface area (TPSA) is 60.2 Å². The van der Waals surface area contributed by atoms with Crippen molar-refractivity contribution >= 4 is 15.9 Å². The van der Waals surface area contributed by atoms with Gasteiger partial charge in [0.15, 0.2) is 0 Å². The molecule has 2 heterocycles.